The minimum atomic E-state index is -0.359. The number of H-pyrrole nitrogens is 1. The van der Waals surface area contributed by atoms with Crippen LogP contribution in [-0.2, 0) is 0 Å². The van der Waals surface area contributed by atoms with Crippen LogP contribution in [0.5, 0.6) is 11.5 Å². The largest absolute Gasteiger partial charge is 0.506 e. The number of anilines is 1. The van der Waals surface area contributed by atoms with Crippen molar-refractivity contribution in [3.63, 3.8) is 0 Å². The number of benzene rings is 3. The molecular weight excluding hydrogens is 390 g/mol. The highest BCUT2D eigenvalue weighted by atomic mass is 16.5. The zero-order valence-corrected chi connectivity index (χ0v) is 16.9. The topological polar surface area (TPSA) is 86.7 Å². The Labute approximate surface area is 178 Å². The molecule has 0 saturated carbocycles. The van der Waals surface area contributed by atoms with Crippen LogP contribution in [0.1, 0.15) is 23.6 Å². The molecule has 6 heteroatoms. The molecule has 0 fully saturated rings. The van der Waals surface area contributed by atoms with Gasteiger partial charge in [0.2, 0.25) is 0 Å². The van der Waals surface area contributed by atoms with Gasteiger partial charge in [0, 0.05) is 11.8 Å². The van der Waals surface area contributed by atoms with Gasteiger partial charge in [-0.3, -0.25) is 9.79 Å². The summed E-state index contributed by atoms with van der Waals surface area (Å²) >= 11 is 0. The lowest BCUT2D eigenvalue weighted by molar-refractivity contribution is 0.414. The van der Waals surface area contributed by atoms with Gasteiger partial charge in [0.25, 0.3) is 5.56 Å². The molecule has 0 aliphatic carbocycles. The Morgan fingerprint density at radius 2 is 1.74 bits per heavy atom. The molecule has 5 rings (SSSR count). The van der Waals surface area contributed by atoms with E-state index in [4.69, 9.17) is 9.73 Å². The van der Waals surface area contributed by atoms with Gasteiger partial charge in [-0.25, -0.2) is 0 Å². The third-order valence-corrected chi connectivity index (χ3v) is 5.59. The first-order valence-corrected chi connectivity index (χ1v) is 10.1. The van der Waals surface area contributed by atoms with Crippen molar-refractivity contribution >= 4 is 28.0 Å². The number of hydrogen-bond donors (Lipinski definition) is 3. The number of aromatic nitrogens is 1. The van der Waals surface area contributed by atoms with E-state index in [1.807, 2.05) is 60.7 Å². The summed E-state index contributed by atoms with van der Waals surface area (Å²) in [7, 11) is 1.63. The van der Waals surface area contributed by atoms with E-state index in [1.165, 1.54) is 0 Å². The average molecular weight is 411 g/mol. The normalized spacial score (nSPS) is 15.5. The molecule has 1 aliphatic rings. The van der Waals surface area contributed by atoms with Gasteiger partial charge in [0.15, 0.2) is 0 Å². The molecule has 3 aromatic carbocycles. The lowest BCUT2D eigenvalue weighted by atomic mass is 9.96. The molecule has 0 radical (unpaired) electrons. The van der Waals surface area contributed by atoms with Crippen LogP contribution < -0.4 is 15.6 Å². The minimum Gasteiger partial charge on any atom is -0.506 e. The molecule has 4 aromatic rings. The summed E-state index contributed by atoms with van der Waals surface area (Å²) in [4.78, 5) is 20.6. The number of nitrogens with one attached hydrogen (secondary N) is 2. The fourth-order valence-electron chi connectivity index (χ4n) is 4.01. The predicted octanol–water partition coefficient (Wildman–Crippen LogP) is 4.92. The number of ether oxygens (including phenoxy) is 1. The van der Waals surface area contributed by atoms with Crippen LogP contribution in [0.3, 0.4) is 0 Å². The summed E-state index contributed by atoms with van der Waals surface area (Å²) in [5.41, 5.74) is 3.59. The standard InChI is InChI=1S/C25H21N3O3/c1-31-16-12-10-15(11-13-16)21-14-22(27-20-9-5-4-8-19(20)26-21)23-24(29)17-6-2-3-7-18(17)28-25(23)30/h2-13,21,26H,14H2,1H3,(H2,28,29,30). The maximum atomic E-state index is 13.0. The van der Waals surface area contributed by atoms with Crippen molar-refractivity contribution in [2.75, 3.05) is 12.4 Å². The first-order chi connectivity index (χ1) is 15.1. The summed E-state index contributed by atoms with van der Waals surface area (Å²) in [6.07, 6.45) is 0.427. The molecule has 1 aromatic heterocycles. The molecule has 31 heavy (non-hydrogen) atoms. The number of para-hydroxylation sites is 3. The number of aliphatic imine (C=N–C) groups is 1. The van der Waals surface area contributed by atoms with Crippen LogP contribution in [0.25, 0.3) is 10.9 Å². The molecule has 1 aliphatic heterocycles. The van der Waals surface area contributed by atoms with Gasteiger partial charge in [-0.1, -0.05) is 36.4 Å². The monoisotopic (exact) mass is 411 g/mol. The Morgan fingerprint density at radius 1 is 1.00 bits per heavy atom. The highest BCUT2D eigenvalue weighted by molar-refractivity contribution is 6.08. The molecule has 3 N–H and O–H groups in total. The Morgan fingerprint density at radius 3 is 2.55 bits per heavy atom. The third-order valence-electron chi connectivity index (χ3n) is 5.59. The highest BCUT2D eigenvalue weighted by Gasteiger charge is 2.25. The van der Waals surface area contributed by atoms with Gasteiger partial charge in [-0.15, -0.1) is 0 Å². The predicted molar refractivity (Wildman–Crippen MR) is 123 cm³/mol. The van der Waals surface area contributed by atoms with Crippen molar-refractivity contribution < 1.29 is 9.84 Å². The van der Waals surface area contributed by atoms with Gasteiger partial charge < -0.3 is 20.1 Å². The lowest BCUT2D eigenvalue weighted by Crippen LogP contribution is -2.21. The van der Waals surface area contributed by atoms with Crippen LogP contribution in [0.4, 0.5) is 11.4 Å². The van der Waals surface area contributed by atoms with Gasteiger partial charge in [0.05, 0.1) is 35.8 Å². The van der Waals surface area contributed by atoms with Crippen LogP contribution in [-0.4, -0.2) is 22.9 Å². The van der Waals surface area contributed by atoms with Crippen molar-refractivity contribution in [3.8, 4) is 11.5 Å². The number of aromatic hydroxyl groups is 1. The van der Waals surface area contributed by atoms with Gasteiger partial charge in [-0.05, 0) is 42.0 Å². The third kappa shape index (κ3) is 3.42. The van der Waals surface area contributed by atoms with Gasteiger partial charge in [-0.2, -0.15) is 0 Å². The Hall–Kier alpha value is -4.06. The fraction of sp³-hybridized carbons (Fsp3) is 0.120. The number of hydrogen-bond acceptors (Lipinski definition) is 5. The second-order valence-electron chi connectivity index (χ2n) is 7.47. The smallest absolute Gasteiger partial charge is 0.261 e. The first-order valence-electron chi connectivity index (χ1n) is 10.1. The first kappa shape index (κ1) is 18.9. The molecule has 6 nitrogen and oxygen atoms in total. The maximum absolute atomic E-state index is 13.0. The molecule has 1 unspecified atom stereocenters. The second kappa shape index (κ2) is 7.65. The molecule has 0 spiro atoms. The fourth-order valence-corrected chi connectivity index (χ4v) is 4.01. The van der Waals surface area contributed by atoms with E-state index in [0.717, 1.165) is 22.7 Å². The van der Waals surface area contributed by atoms with Crippen molar-refractivity contribution in [2.45, 2.75) is 12.5 Å². The summed E-state index contributed by atoms with van der Waals surface area (Å²) in [6, 6.07) is 22.6. The zero-order valence-electron chi connectivity index (χ0n) is 16.9. The quantitative estimate of drug-likeness (QED) is 0.447. The van der Waals surface area contributed by atoms with Gasteiger partial charge >= 0.3 is 0 Å². The zero-order chi connectivity index (χ0) is 21.4. The molecule has 0 bridgehead atoms. The molecule has 2 heterocycles. The SMILES string of the molecule is COc1ccc(C2CC(c3c(O)c4ccccc4[nH]c3=O)=Nc3ccccc3N2)cc1. The van der Waals surface area contributed by atoms with Crippen molar-refractivity contribution in [3.05, 3.63) is 94.3 Å². The number of fused-ring (bicyclic) bond motifs is 2. The molecule has 0 amide bonds. The number of rotatable bonds is 3. The summed E-state index contributed by atoms with van der Waals surface area (Å²) in [6.45, 7) is 0. The second-order valence-corrected chi connectivity index (χ2v) is 7.47. The van der Waals surface area contributed by atoms with Crippen LogP contribution in [0, 0.1) is 0 Å². The highest BCUT2D eigenvalue weighted by Crippen LogP contribution is 2.37. The summed E-state index contributed by atoms with van der Waals surface area (Å²) in [5, 5.41) is 15.1. The molecule has 1 atom stereocenters. The van der Waals surface area contributed by atoms with E-state index in [2.05, 4.69) is 10.3 Å². The minimum absolute atomic E-state index is 0.0500. The number of aromatic amines is 1. The molecule has 0 saturated heterocycles. The molecule has 154 valence electrons. The van der Waals surface area contributed by atoms with Crippen LogP contribution in [0.2, 0.25) is 0 Å². The van der Waals surface area contributed by atoms with Crippen molar-refractivity contribution in [1.29, 1.82) is 0 Å². The summed E-state index contributed by atoms with van der Waals surface area (Å²) in [5.74, 6) is 0.723. The van der Waals surface area contributed by atoms with E-state index in [1.54, 1.807) is 19.2 Å². The van der Waals surface area contributed by atoms with E-state index in [-0.39, 0.29) is 22.9 Å². The molecular formula is C25H21N3O3. The maximum Gasteiger partial charge on any atom is 0.261 e. The summed E-state index contributed by atoms with van der Waals surface area (Å²) < 4.78 is 5.28. The number of nitrogens with zero attached hydrogens (tertiary/aromatic N) is 1. The van der Waals surface area contributed by atoms with E-state index >= 15 is 0 Å². The number of pyridine rings is 1. The van der Waals surface area contributed by atoms with E-state index in [0.29, 0.717) is 23.0 Å². The Kier molecular flexibility index (Phi) is 4.67. The van der Waals surface area contributed by atoms with Crippen LogP contribution >= 0.6 is 0 Å². The Balaban J connectivity index is 1.68. The average Bonchev–Trinajstić information content (AvgIpc) is 2.99. The lowest BCUT2D eigenvalue weighted by Gasteiger charge is -2.20. The van der Waals surface area contributed by atoms with Crippen molar-refractivity contribution in [1.82, 2.24) is 4.98 Å². The Bertz CT molecular complexity index is 1360. The van der Waals surface area contributed by atoms with E-state index < -0.39 is 0 Å². The van der Waals surface area contributed by atoms with Crippen LogP contribution in [0.15, 0.2) is 82.6 Å². The van der Waals surface area contributed by atoms with Gasteiger partial charge in [0.1, 0.15) is 17.1 Å². The van der Waals surface area contributed by atoms with Crippen molar-refractivity contribution in [2.24, 2.45) is 4.99 Å². The van der Waals surface area contributed by atoms with E-state index in [9.17, 15) is 9.90 Å². The number of methoxy groups -OCH3 is 1.